The third-order valence-corrected chi connectivity index (χ3v) is 3.68. The number of aryl methyl sites for hydroxylation is 1. The Morgan fingerprint density at radius 2 is 1.54 bits per heavy atom. The Balaban J connectivity index is 1.71. The molecule has 0 aromatic heterocycles. The van der Waals surface area contributed by atoms with Crippen molar-refractivity contribution < 1.29 is 9.53 Å². The number of para-hydroxylation sites is 2. The first-order chi connectivity index (χ1) is 11.7. The smallest absolute Gasteiger partial charge is 0.255 e. The average molecular weight is 317 g/mol. The minimum Gasteiger partial charge on any atom is -0.457 e. The van der Waals surface area contributed by atoms with Crippen molar-refractivity contribution in [1.29, 1.82) is 0 Å². The fourth-order valence-corrected chi connectivity index (χ4v) is 2.34. The Labute approximate surface area is 141 Å². The van der Waals surface area contributed by atoms with Crippen molar-refractivity contribution in [2.45, 2.75) is 13.5 Å². The van der Waals surface area contributed by atoms with Crippen molar-refractivity contribution in [3.8, 4) is 11.5 Å². The normalized spacial score (nSPS) is 10.2. The number of rotatable bonds is 5. The summed E-state index contributed by atoms with van der Waals surface area (Å²) in [6.45, 7) is 2.53. The second kappa shape index (κ2) is 7.47. The van der Waals surface area contributed by atoms with Crippen molar-refractivity contribution in [2.24, 2.45) is 0 Å². The first-order valence-corrected chi connectivity index (χ1v) is 7.88. The maximum absolute atomic E-state index is 12.5. The maximum atomic E-state index is 12.5. The van der Waals surface area contributed by atoms with Crippen molar-refractivity contribution in [2.75, 3.05) is 0 Å². The van der Waals surface area contributed by atoms with Gasteiger partial charge in [0.15, 0.2) is 0 Å². The first-order valence-electron chi connectivity index (χ1n) is 7.88. The van der Waals surface area contributed by atoms with Gasteiger partial charge in [0.05, 0.1) is 5.56 Å². The lowest BCUT2D eigenvalue weighted by Crippen LogP contribution is -2.23. The maximum Gasteiger partial charge on any atom is 0.255 e. The minimum atomic E-state index is -0.151. The quantitative estimate of drug-likeness (QED) is 0.739. The summed E-state index contributed by atoms with van der Waals surface area (Å²) < 4.78 is 5.84. The molecule has 0 saturated carbocycles. The van der Waals surface area contributed by atoms with E-state index in [9.17, 15) is 4.79 Å². The van der Waals surface area contributed by atoms with E-state index < -0.39 is 0 Å². The minimum absolute atomic E-state index is 0.151. The van der Waals surface area contributed by atoms with Crippen LogP contribution in [0.4, 0.5) is 0 Å². The van der Waals surface area contributed by atoms with Gasteiger partial charge in [-0.3, -0.25) is 4.79 Å². The second-order valence-corrected chi connectivity index (χ2v) is 5.58. The van der Waals surface area contributed by atoms with Crippen LogP contribution in [0.2, 0.25) is 0 Å². The molecule has 0 saturated heterocycles. The highest BCUT2D eigenvalue weighted by Gasteiger charge is 2.12. The van der Waals surface area contributed by atoms with Gasteiger partial charge in [-0.05, 0) is 36.8 Å². The predicted octanol–water partition coefficient (Wildman–Crippen LogP) is 4.72. The van der Waals surface area contributed by atoms with Gasteiger partial charge in [-0.25, -0.2) is 0 Å². The molecule has 0 aliphatic heterocycles. The van der Waals surface area contributed by atoms with Crippen LogP contribution < -0.4 is 10.1 Å². The molecule has 0 atom stereocenters. The molecule has 1 amide bonds. The van der Waals surface area contributed by atoms with Crippen molar-refractivity contribution in [1.82, 2.24) is 5.32 Å². The van der Waals surface area contributed by atoms with E-state index in [0.717, 1.165) is 5.56 Å². The van der Waals surface area contributed by atoms with Crippen molar-refractivity contribution >= 4 is 5.91 Å². The van der Waals surface area contributed by atoms with Gasteiger partial charge in [0, 0.05) is 6.54 Å². The zero-order chi connectivity index (χ0) is 16.8. The SMILES string of the molecule is Cc1ccc(CNC(=O)c2ccccc2Oc2ccccc2)cc1. The Hall–Kier alpha value is -3.07. The van der Waals surface area contributed by atoms with Crippen molar-refractivity contribution in [3.05, 3.63) is 95.6 Å². The number of carbonyl (C=O) groups is 1. The molecule has 3 aromatic carbocycles. The van der Waals surface area contributed by atoms with Gasteiger partial charge in [0.2, 0.25) is 0 Å². The summed E-state index contributed by atoms with van der Waals surface area (Å²) in [6, 6.07) is 24.8. The van der Waals surface area contributed by atoms with Crippen LogP contribution in [-0.4, -0.2) is 5.91 Å². The molecular formula is C21H19NO2. The number of carbonyl (C=O) groups excluding carboxylic acids is 1. The third-order valence-electron chi connectivity index (χ3n) is 3.68. The summed E-state index contributed by atoms with van der Waals surface area (Å²) in [6.07, 6.45) is 0. The number of hydrogen-bond acceptors (Lipinski definition) is 2. The third kappa shape index (κ3) is 4.02. The molecule has 0 aliphatic rings. The molecule has 3 rings (SSSR count). The highest BCUT2D eigenvalue weighted by atomic mass is 16.5. The fraction of sp³-hybridized carbons (Fsp3) is 0.0952. The molecular weight excluding hydrogens is 298 g/mol. The van der Waals surface area contributed by atoms with Crippen LogP contribution in [0, 0.1) is 6.92 Å². The van der Waals surface area contributed by atoms with E-state index in [-0.39, 0.29) is 5.91 Å². The van der Waals surface area contributed by atoms with Crippen LogP contribution in [0.15, 0.2) is 78.9 Å². The summed E-state index contributed by atoms with van der Waals surface area (Å²) in [5.74, 6) is 1.10. The van der Waals surface area contributed by atoms with Crippen molar-refractivity contribution in [3.63, 3.8) is 0 Å². The van der Waals surface area contributed by atoms with E-state index in [2.05, 4.69) is 5.32 Å². The van der Waals surface area contributed by atoms with E-state index in [1.54, 1.807) is 12.1 Å². The number of nitrogens with one attached hydrogen (secondary N) is 1. The molecule has 0 heterocycles. The number of benzene rings is 3. The number of hydrogen-bond donors (Lipinski definition) is 1. The molecule has 120 valence electrons. The topological polar surface area (TPSA) is 38.3 Å². The molecule has 0 fully saturated rings. The Morgan fingerprint density at radius 1 is 0.875 bits per heavy atom. The lowest BCUT2D eigenvalue weighted by Gasteiger charge is -2.11. The number of amides is 1. The Morgan fingerprint density at radius 3 is 2.29 bits per heavy atom. The standard InChI is InChI=1S/C21H19NO2/c1-16-11-13-17(14-12-16)15-22-21(23)19-9-5-6-10-20(19)24-18-7-3-2-4-8-18/h2-14H,15H2,1H3,(H,22,23). The van der Waals surface area contributed by atoms with Crippen LogP contribution in [0.25, 0.3) is 0 Å². The second-order valence-electron chi connectivity index (χ2n) is 5.58. The van der Waals surface area contributed by atoms with E-state index in [1.807, 2.05) is 73.7 Å². The van der Waals surface area contributed by atoms with Crippen LogP contribution in [0.1, 0.15) is 21.5 Å². The highest BCUT2D eigenvalue weighted by molar-refractivity contribution is 5.96. The molecule has 24 heavy (non-hydrogen) atoms. The average Bonchev–Trinajstić information content (AvgIpc) is 2.62. The van der Waals surface area contributed by atoms with Gasteiger partial charge in [0.25, 0.3) is 5.91 Å². The largest absolute Gasteiger partial charge is 0.457 e. The molecule has 3 nitrogen and oxygen atoms in total. The van der Waals surface area contributed by atoms with E-state index in [1.165, 1.54) is 5.56 Å². The Bertz CT molecular complexity index is 811. The molecule has 0 unspecified atom stereocenters. The van der Waals surface area contributed by atoms with Crippen LogP contribution in [-0.2, 0) is 6.54 Å². The van der Waals surface area contributed by atoms with E-state index in [4.69, 9.17) is 4.74 Å². The molecule has 0 bridgehead atoms. The number of ether oxygens (including phenoxy) is 1. The summed E-state index contributed by atoms with van der Waals surface area (Å²) in [5.41, 5.74) is 2.79. The van der Waals surface area contributed by atoms with Crippen LogP contribution >= 0.6 is 0 Å². The molecule has 0 spiro atoms. The first kappa shape index (κ1) is 15.8. The van der Waals surface area contributed by atoms with E-state index in [0.29, 0.717) is 23.6 Å². The molecule has 0 aliphatic carbocycles. The summed E-state index contributed by atoms with van der Waals surface area (Å²) in [7, 11) is 0. The monoisotopic (exact) mass is 317 g/mol. The van der Waals surface area contributed by atoms with Gasteiger partial charge in [-0.1, -0.05) is 60.2 Å². The molecule has 0 radical (unpaired) electrons. The van der Waals surface area contributed by atoms with Gasteiger partial charge in [-0.15, -0.1) is 0 Å². The zero-order valence-electron chi connectivity index (χ0n) is 13.5. The van der Waals surface area contributed by atoms with Crippen LogP contribution in [0.5, 0.6) is 11.5 Å². The van der Waals surface area contributed by atoms with E-state index >= 15 is 0 Å². The van der Waals surface area contributed by atoms with Crippen LogP contribution in [0.3, 0.4) is 0 Å². The summed E-state index contributed by atoms with van der Waals surface area (Å²) >= 11 is 0. The summed E-state index contributed by atoms with van der Waals surface area (Å²) in [5, 5.41) is 2.94. The molecule has 1 N–H and O–H groups in total. The fourth-order valence-electron chi connectivity index (χ4n) is 2.34. The highest BCUT2D eigenvalue weighted by Crippen LogP contribution is 2.25. The van der Waals surface area contributed by atoms with Gasteiger partial charge in [-0.2, -0.15) is 0 Å². The lowest BCUT2D eigenvalue weighted by atomic mass is 10.1. The lowest BCUT2D eigenvalue weighted by molar-refractivity contribution is 0.0948. The Kier molecular flexibility index (Phi) is 4.92. The molecule has 3 heteroatoms. The zero-order valence-corrected chi connectivity index (χ0v) is 13.5. The molecule has 3 aromatic rings. The van der Waals surface area contributed by atoms with Gasteiger partial charge >= 0.3 is 0 Å². The summed E-state index contributed by atoms with van der Waals surface area (Å²) in [4.78, 5) is 12.5. The van der Waals surface area contributed by atoms with Gasteiger partial charge < -0.3 is 10.1 Å². The predicted molar refractivity (Wildman–Crippen MR) is 95.3 cm³/mol. The van der Waals surface area contributed by atoms with Gasteiger partial charge in [0.1, 0.15) is 11.5 Å².